The second-order valence-electron chi connectivity index (χ2n) is 13.4. The summed E-state index contributed by atoms with van der Waals surface area (Å²) in [5.74, 6) is 6.92. The molecule has 46 heavy (non-hydrogen) atoms. The van der Waals surface area contributed by atoms with Gasteiger partial charge in [0.05, 0.1) is 17.3 Å². The van der Waals surface area contributed by atoms with Crippen LogP contribution in [0.3, 0.4) is 0 Å². The number of benzene rings is 2. The van der Waals surface area contributed by atoms with Crippen LogP contribution in [-0.4, -0.2) is 55.2 Å². The number of nitrogens with one attached hydrogen (secondary N) is 2. The Morgan fingerprint density at radius 1 is 1.15 bits per heavy atom. The molecule has 254 valence electrons. The van der Waals surface area contributed by atoms with Gasteiger partial charge in [-0.3, -0.25) is 10.2 Å². The van der Waals surface area contributed by atoms with Gasteiger partial charge in [-0.05, 0) is 84.4 Å². The molecule has 12 heteroatoms. The maximum atomic E-state index is 13.8. The maximum absolute atomic E-state index is 13.8. The molecule has 0 spiro atoms. The van der Waals surface area contributed by atoms with Crippen LogP contribution in [0, 0.1) is 23.2 Å². The van der Waals surface area contributed by atoms with Crippen molar-refractivity contribution < 1.29 is 19.1 Å². The number of hydrogen-bond acceptors (Lipinski definition) is 7. The zero-order valence-electron chi connectivity index (χ0n) is 27.9. The molecule has 0 radical (unpaired) electrons. The average Bonchev–Trinajstić information content (AvgIpc) is 3.02. The highest BCUT2D eigenvalue weighted by Gasteiger charge is 2.35. The molecule has 8 N–H and O–H groups in total. The fourth-order valence-corrected chi connectivity index (χ4v) is 6.03. The topological polar surface area (TPSA) is 170 Å². The van der Waals surface area contributed by atoms with Crippen molar-refractivity contribution in [2.24, 2.45) is 45.5 Å². The van der Waals surface area contributed by atoms with Gasteiger partial charge < -0.3 is 31.2 Å². The molecular formula is C34H52ClN7O4. The van der Waals surface area contributed by atoms with Crippen LogP contribution >= 0.6 is 11.6 Å². The predicted molar refractivity (Wildman–Crippen MR) is 184 cm³/mol. The van der Waals surface area contributed by atoms with E-state index in [1.807, 2.05) is 26.0 Å². The van der Waals surface area contributed by atoms with E-state index >= 15 is 0 Å². The second kappa shape index (κ2) is 17.4. The Morgan fingerprint density at radius 2 is 1.87 bits per heavy atom. The summed E-state index contributed by atoms with van der Waals surface area (Å²) in [6.07, 6.45) is 3.17. The summed E-state index contributed by atoms with van der Waals surface area (Å²) in [4.78, 5) is 32.5. The zero-order valence-corrected chi connectivity index (χ0v) is 28.6. The minimum atomic E-state index is -0.459. The number of nitrogens with two attached hydrogens (primary N) is 3. The first kappa shape index (κ1) is 36.9. The molecule has 0 aromatic heterocycles. The summed E-state index contributed by atoms with van der Waals surface area (Å²) in [6, 6.07) is 12.2. The lowest BCUT2D eigenvalue weighted by molar-refractivity contribution is -0.0145. The quantitative estimate of drug-likeness (QED) is 0.0596. The van der Waals surface area contributed by atoms with Gasteiger partial charge in [-0.25, -0.2) is 15.6 Å². The smallest absolute Gasteiger partial charge is 0.410 e. The van der Waals surface area contributed by atoms with Gasteiger partial charge in [0.2, 0.25) is 5.96 Å². The summed E-state index contributed by atoms with van der Waals surface area (Å²) in [5.41, 5.74) is 15.1. The van der Waals surface area contributed by atoms with Crippen molar-refractivity contribution in [3.05, 3.63) is 58.6 Å². The van der Waals surface area contributed by atoms with Crippen LogP contribution in [0.5, 0.6) is 5.75 Å². The minimum absolute atomic E-state index is 0.0660. The lowest BCUT2D eigenvalue weighted by Crippen LogP contribution is -2.47. The largest absolute Gasteiger partial charge is 0.492 e. The number of carbonyl (C=O) groups excluding carboxylic acids is 2. The average molecular weight is 658 g/mol. The van der Waals surface area contributed by atoms with Gasteiger partial charge >= 0.3 is 6.09 Å². The lowest BCUT2D eigenvalue weighted by Gasteiger charge is -2.39. The van der Waals surface area contributed by atoms with E-state index in [4.69, 9.17) is 38.4 Å². The number of carbonyl (C=O) groups is 2. The molecule has 2 aromatic carbocycles. The van der Waals surface area contributed by atoms with E-state index in [1.165, 1.54) is 0 Å². The van der Waals surface area contributed by atoms with Crippen molar-refractivity contribution in [3.8, 4) is 5.75 Å². The minimum Gasteiger partial charge on any atom is -0.492 e. The molecule has 0 bridgehead atoms. The monoisotopic (exact) mass is 657 g/mol. The predicted octanol–water partition coefficient (Wildman–Crippen LogP) is 5.33. The van der Waals surface area contributed by atoms with Crippen molar-refractivity contribution in [2.75, 3.05) is 26.2 Å². The van der Waals surface area contributed by atoms with Crippen molar-refractivity contribution in [3.63, 3.8) is 0 Å². The molecule has 1 aliphatic carbocycles. The van der Waals surface area contributed by atoms with E-state index in [2.05, 4.69) is 36.5 Å². The Bertz CT molecular complexity index is 1320. The maximum Gasteiger partial charge on any atom is 0.410 e. The van der Waals surface area contributed by atoms with Gasteiger partial charge in [-0.15, -0.1) is 0 Å². The number of guanidine groups is 1. The number of aliphatic imine (C=N–C) groups is 1. The van der Waals surface area contributed by atoms with Crippen LogP contribution in [-0.2, 0) is 11.3 Å². The van der Waals surface area contributed by atoms with Gasteiger partial charge in [0, 0.05) is 31.7 Å². The SMILES string of the molecule is CC1CCC(C(C)C)C(OC(=O)N(CCCOc2ccc(CN)cc2Cl)CC(C)(C)CNC(=O)c2ccc(N=C(N)NN)cc2)C1. The van der Waals surface area contributed by atoms with Crippen LogP contribution in [0.2, 0.25) is 5.02 Å². The van der Waals surface area contributed by atoms with Crippen LogP contribution in [0.15, 0.2) is 47.5 Å². The number of nitrogens with zero attached hydrogens (tertiary/aromatic N) is 2. The van der Waals surface area contributed by atoms with Crippen LogP contribution < -0.4 is 32.8 Å². The molecule has 11 nitrogen and oxygen atoms in total. The summed E-state index contributed by atoms with van der Waals surface area (Å²) < 4.78 is 12.2. The number of hydrazine groups is 1. The van der Waals surface area contributed by atoms with Gasteiger partial charge in [0.25, 0.3) is 5.91 Å². The van der Waals surface area contributed by atoms with Gasteiger partial charge in [0.15, 0.2) is 0 Å². The Labute approximate surface area is 278 Å². The zero-order chi connectivity index (χ0) is 33.9. The van der Waals surface area contributed by atoms with E-state index in [-0.39, 0.29) is 24.1 Å². The molecule has 1 saturated carbocycles. The fourth-order valence-electron chi connectivity index (χ4n) is 5.77. The van der Waals surface area contributed by atoms with E-state index in [0.717, 1.165) is 24.8 Å². The van der Waals surface area contributed by atoms with Gasteiger partial charge in [-0.1, -0.05) is 58.7 Å². The Kier molecular flexibility index (Phi) is 14.0. The molecular weight excluding hydrogens is 606 g/mol. The first-order chi connectivity index (χ1) is 21.8. The number of ether oxygens (including phenoxy) is 2. The third-order valence-corrected chi connectivity index (χ3v) is 8.70. The van der Waals surface area contributed by atoms with E-state index in [9.17, 15) is 9.59 Å². The molecule has 2 aromatic rings. The lowest BCUT2D eigenvalue weighted by atomic mass is 9.75. The van der Waals surface area contributed by atoms with E-state index in [0.29, 0.717) is 79.0 Å². The third kappa shape index (κ3) is 11.4. The summed E-state index contributed by atoms with van der Waals surface area (Å²) in [6.45, 7) is 12.6. The molecule has 0 aliphatic heterocycles. The summed E-state index contributed by atoms with van der Waals surface area (Å²) in [7, 11) is 0. The number of halogens is 1. The second-order valence-corrected chi connectivity index (χ2v) is 13.8. The molecule has 3 atom stereocenters. The van der Waals surface area contributed by atoms with Crippen LogP contribution in [0.1, 0.15) is 76.2 Å². The Morgan fingerprint density at radius 3 is 2.50 bits per heavy atom. The highest BCUT2D eigenvalue weighted by atomic mass is 35.5. The number of hydrogen-bond donors (Lipinski definition) is 5. The molecule has 3 unspecified atom stereocenters. The Balaban J connectivity index is 1.66. The normalized spacial score (nSPS) is 18.6. The molecule has 1 fully saturated rings. The van der Waals surface area contributed by atoms with E-state index < -0.39 is 5.41 Å². The van der Waals surface area contributed by atoms with Crippen molar-refractivity contribution in [1.82, 2.24) is 15.6 Å². The molecule has 2 amide bonds. The van der Waals surface area contributed by atoms with Crippen molar-refractivity contribution >= 4 is 35.2 Å². The van der Waals surface area contributed by atoms with Gasteiger partial charge in [-0.2, -0.15) is 0 Å². The number of rotatable bonds is 14. The van der Waals surface area contributed by atoms with E-state index in [1.54, 1.807) is 35.2 Å². The summed E-state index contributed by atoms with van der Waals surface area (Å²) in [5, 5.41) is 3.51. The highest BCUT2D eigenvalue weighted by Crippen LogP contribution is 2.36. The third-order valence-electron chi connectivity index (χ3n) is 8.41. The number of amides is 2. The first-order valence-corrected chi connectivity index (χ1v) is 16.5. The van der Waals surface area contributed by atoms with Crippen molar-refractivity contribution in [1.29, 1.82) is 0 Å². The molecule has 0 heterocycles. The molecule has 3 rings (SSSR count). The fraction of sp³-hybridized carbons (Fsp3) is 0.559. The first-order valence-electron chi connectivity index (χ1n) is 16.1. The highest BCUT2D eigenvalue weighted by molar-refractivity contribution is 6.32. The Hall–Kier alpha value is -3.54. The van der Waals surface area contributed by atoms with Gasteiger partial charge in [0.1, 0.15) is 11.9 Å². The molecule has 0 saturated heterocycles. The standard InChI is InChI=1S/C34H52ClN7O4/c1-22(2)27-13-7-23(3)17-30(27)46-33(44)42(15-6-16-45-29-14-8-24(19-36)18-28(29)35)21-34(4,5)20-39-31(43)25-9-11-26(12-10-25)40-32(37)41-38/h8-12,14,18,22-23,27,30H,6-7,13,15-17,19-21,36,38H2,1-5H3,(H,39,43)(H3,37,40,41). The van der Waals surface area contributed by atoms with Crippen LogP contribution in [0.25, 0.3) is 0 Å². The van der Waals surface area contributed by atoms with Crippen molar-refractivity contribution in [2.45, 2.75) is 73.0 Å². The summed E-state index contributed by atoms with van der Waals surface area (Å²) >= 11 is 6.37. The molecule has 1 aliphatic rings. The van der Waals surface area contributed by atoms with Crippen LogP contribution in [0.4, 0.5) is 10.5 Å².